The van der Waals surface area contributed by atoms with E-state index in [0.717, 1.165) is 5.56 Å². The molecule has 0 radical (unpaired) electrons. The van der Waals surface area contributed by atoms with Gasteiger partial charge >= 0.3 is 5.97 Å². The predicted molar refractivity (Wildman–Crippen MR) is 99.7 cm³/mol. The Morgan fingerprint density at radius 2 is 2.12 bits per heavy atom. The van der Waals surface area contributed by atoms with Crippen LogP contribution >= 0.6 is 12.2 Å². The van der Waals surface area contributed by atoms with Crippen LogP contribution in [0.15, 0.2) is 24.5 Å². The predicted octanol–water partition coefficient (Wildman–Crippen LogP) is 2.37. The first-order chi connectivity index (χ1) is 12.3. The van der Waals surface area contributed by atoms with Crippen LogP contribution in [0.5, 0.6) is 0 Å². The number of hydrogen-bond donors (Lipinski definition) is 0. The average molecular weight is 379 g/mol. The van der Waals surface area contributed by atoms with E-state index in [-0.39, 0.29) is 11.5 Å². The van der Waals surface area contributed by atoms with Crippen LogP contribution in [-0.4, -0.2) is 48.8 Å². The van der Waals surface area contributed by atoms with Gasteiger partial charge in [0.15, 0.2) is 0 Å². The molecule has 0 N–H and O–H groups in total. The lowest BCUT2D eigenvalue weighted by Crippen LogP contribution is -2.30. The summed E-state index contributed by atoms with van der Waals surface area (Å²) >= 11 is 5.50. The molecule has 0 spiro atoms. The highest BCUT2D eigenvalue weighted by atomic mass is 32.1. The highest BCUT2D eigenvalue weighted by Crippen LogP contribution is 2.13. The van der Waals surface area contributed by atoms with Crippen molar-refractivity contribution in [1.82, 2.24) is 29.7 Å². The molecular weight excluding hydrogens is 352 g/mol. The Labute approximate surface area is 158 Å². The molecule has 8 nitrogen and oxygen atoms in total. The zero-order valence-corrected chi connectivity index (χ0v) is 16.6. The van der Waals surface area contributed by atoms with Crippen molar-refractivity contribution in [2.45, 2.75) is 52.9 Å². The fourth-order valence-corrected chi connectivity index (χ4v) is 2.81. The number of ether oxygens (including phenoxy) is 1. The largest absolute Gasteiger partial charge is 0.466 e. The molecule has 0 aliphatic carbocycles. The minimum Gasteiger partial charge on any atom is -0.466 e. The summed E-state index contributed by atoms with van der Waals surface area (Å²) in [7, 11) is 0. The van der Waals surface area contributed by atoms with Crippen LogP contribution in [0.25, 0.3) is 0 Å². The second-order valence-electron chi connectivity index (χ2n) is 6.95. The molecular formula is C17H26N6O2S. The van der Waals surface area contributed by atoms with E-state index in [9.17, 15) is 4.79 Å². The Kier molecular flexibility index (Phi) is 6.98. The molecule has 0 aromatic carbocycles. The standard InChI is InChI=1S/C17H26N6O2S/c1-5-25-15(24)8-10-21(12-14-7-6-9-18-11-14)13-22-16(26)23(20-19-22)17(2,3)4/h6-7,9,11H,5,8,10,12-13H2,1-4H3. The van der Waals surface area contributed by atoms with Crippen LogP contribution in [0.2, 0.25) is 0 Å². The van der Waals surface area contributed by atoms with Crippen LogP contribution in [0, 0.1) is 4.77 Å². The summed E-state index contributed by atoms with van der Waals surface area (Å²) in [6.45, 7) is 9.84. The second kappa shape index (κ2) is 9.00. The molecule has 9 heteroatoms. The van der Waals surface area contributed by atoms with Gasteiger partial charge in [0, 0.05) is 25.5 Å². The number of carbonyl (C=O) groups is 1. The quantitative estimate of drug-likeness (QED) is 0.515. The number of esters is 1. The molecule has 2 aromatic heterocycles. The molecule has 2 aromatic rings. The summed E-state index contributed by atoms with van der Waals surface area (Å²) in [6, 6.07) is 3.88. The highest BCUT2D eigenvalue weighted by molar-refractivity contribution is 7.71. The topological polar surface area (TPSA) is 78.1 Å². The van der Waals surface area contributed by atoms with Crippen molar-refractivity contribution in [1.29, 1.82) is 0 Å². The minimum atomic E-state index is -0.242. The zero-order chi connectivity index (χ0) is 19.2. The SMILES string of the molecule is CCOC(=O)CCN(Cc1cccnc1)Cn1nnn(C(C)(C)C)c1=S. The van der Waals surface area contributed by atoms with E-state index in [1.165, 1.54) is 0 Å². The van der Waals surface area contributed by atoms with Gasteiger partial charge in [-0.05, 0) is 62.0 Å². The lowest BCUT2D eigenvalue weighted by molar-refractivity contribution is -0.143. The molecule has 0 bridgehead atoms. The van der Waals surface area contributed by atoms with Gasteiger partial charge in [-0.25, -0.2) is 9.36 Å². The van der Waals surface area contributed by atoms with Gasteiger partial charge in [0.2, 0.25) is 4.77 Å². The van der Waals surface area contributed by atoms with Crippen molar-refractivity contribution >= 4 is 18.2 Å². The third-order valence-corrected chi connectivity index (χ3v) is 4.06. The van der Waals surface area contributed by atoms with Gasteiger partial charge in [-0.1, -0.05) is 6.07 Å². The van der Waals surface area contributed by atoms with E-state index in [0.29, 0.717) is 37.6 Å². The summed E-state index contributed by atoms with van der Waals surface area (Å²) in [5.41, 5.74) is 0.806. The number of tetrazole rings is 1. The summed E-state index contributed by atoms with van der Waals surface area (Å²) < 4.78 is 8.96. The molecule has 2 heterocycles. The molecule has 0 atom stereocenters. The van der Waals surface area contributed by atoms with Gasteiger partial charge in [-0.2, -0.15) is 0 Å². The number of aromatic nitrogens is 5. The highest BCUT2D eigenvalue weighted by Gasteiger charge is 2.19. The van der Waals surface area contributed by atoms with Gasteiger partial charge in [-0.15, -0.1) is 0 Å². The van der Waals surface area contributed by atoms with Crippen LogP contribution in [0.3, 0.4) is 0 Å². The normalized spacial score (nSPS) is 11.7. The Hall–Kier alpha value is -2.13. The monoisotopic (exact) mass is 378 g/mol. The van der Waals surface area contributed by atoms with Gasteiger partial charge in [0.1, 0.15) is 0 Å². The molecule has 2 rings (SSSR count). The zero-order valence-electron chi connectivity index (χ0n) is 15.8. The lowest BCUT2D eigenvalue weighted by Gasteiger charge is -2.22. The van der Waals surface area contributed by atoms with Crippen molar-refractivity contribution < 1.29 is 9.53 Å². The van der Waals surface area contributed by atoms with E-state index in [1.807, 2.05) is 39.1 Å². The fourth-order valence-electron chi connectivity index (χ4n) is 2.41. The molecule has 0 unspecified atom stereocenters. The first-order valence-electron chi connectivity index (χ1n) is 8.61. The van der Waals surface area contributed by atoms with Crippen molar-refractivity contribution in [2.75, 3.05) is 13.2 Å². The summed E-state index contributed by atoms with van der Waals surface area (Å²) in [6.07, 6.45) is 3.84. The van der Waals surface area contributed by atoms with Crippen LogP contribution in [0.1, 0.15) is 39.7 Å². The summed E-state index contributed by atoms with van der Waals surface area (Å²) in [5, 5.41) is 8.35. The molecule has 26 heavy (non-hydrogen) atoms. The van der Waals surface area contributed by atoms with E-state index < -0.39 is 0 Å². The fraction of sp³-hybridized carbons (Fsp3) is 0.588. The third-order valence-electron chi connectivity index (χ3n) is 3.68. The first-order valence-corrected chi connectivity index (χ1v) is 9.02. The smallest absolute Gasteiger partial charge is 0.307 e. The van der Waals surface area contributed by atoms with Crippen molar-refractivity contribution in [3.8, 4) is 0 Å². The van der Waals surface area contributed by atoms with Crippen molar-refractivity contribution in [3.63, 3.8) is 0 Å². The maximum atomic E-state index is 11.7. The Bertz CT molecular complexity index is 766. The number of pyridine rings is 1. The molecule has 0 saturated carbocycles. The first kappa shape index (κ1) is 20.2. The van der Waals surface area contributed by atoms with E-state index in [4.69, 9.17) is 17.0 Å². The molecule has 0 aliphatic heterocycles. The Morgan fingerprint density at radius 1 is 1.35 bits per heavy atom. The van der Waals surface area contributed by atoms with Crippen LogP contribution in [-0.2, 0) is 28.3 Å². The number of carbonyl (C=O) groups excluding carboxylic acids is 1. The Morgan fingerprint density at radius 3 is 2.69 bits per heavy atom. The molecule has 0 saturated heterocycles. The maximum Gasteiger partial charge on any atom is 0.307 e. The number of rotatable bonds is 8. The summed E-state index contributed by atoms with van der Waals surface area (Å²) in [5.74, 6) is -0.217. The van der Waals surface area contributed by atoms with Crippen LogP contribution in [0.4, 0.5) is 0 Å². The van der Waals surface area contributed by atoms with Crippen molar-refractivity contribution in [3.05, 3.63) is 34.9 Å². The van der Waals surface area contributed by atoms with Crippen LogP contribution < -0.4 is 0 Å². The number of nitrogens with zero attached hydrogens (tertiary/aromatic N) is 6. The third kappa shape index (κ3) is 5.70. The maximum absolute atomic E-state index is 11.7. The van der Waals surface area contributed by atoms with E-state index >= 15 is 0 Å². The van der Waals surface area contributed by atoms with E-state index in [2.05, 4.69) is 20.3 Å². The summed E-state index contributed by atoms with van der Waals surface area (Å²) in [4.78, 5) is 18.0. The van der Waals surface area contributed by atoms with Gasteiger partial charge in [0.25, 0.3) is 0 Å². The molecule has 0 fully saturated rings. The van der Waals surface area contributed by atoms with Gasteiger partial charge in [-0.3, -0.25) is 14.7 Å². The van der Waals surface area contributed by atoms with Gasteiger partial charge in [0.05, 0.1) is 25.2 Å². The minimum absolute atomic E-state index is 0.217. The number of hydrogen-bond acceptors (Lipinski definition) is 7. The second-order valence-corrected chi connectivity index (χ2v) is 7.32. The lowest BCUT2D eigenvalue weighted by atomic mass is 10.1. The van der Waals surface area contributed by atoms with Crippen molar-refractivity contribution in [2.24, 2.45) is 0 Å². The molecule has 0 amide bonds. The average Bonchev–Trinajstić information content (AvgIpc) is 2.95. The Balaban J connectivity index is 2.14. The molecule has 0 aliphatic rings. The molecule has 142 valence electrons. The van der Waals surface area contributed by atoms with Gasteiger partial charge < -0.3 is 4.74 Å². The van der Waals surface area contributed by atoms with E-state index in [1.54, 1.807) is 22.5 Å².